The summed E-state index contributed by atoms with van der Waals surface area (Å²) < 4.78 is 1.82. The number of hydrogen-bond donors (Lipinski definition) is 1. The Bertz CT molecular complexity index is 267. The van der Waals surface area contributed by atoms with Gasteiger partial charge in [0, 0.05) is 25.7 Å². The number of hydrogen-bond acceptors (Lipinski definition) is 3. The maximum atomic E-state index is 11.1. The normalized spacial score (nSPS) is 10.2. The Labute approximate surface area is 71.4 Å². The molecule has 0 bridgehead atoms. The smallest absolute Gasteiger partial charge is 0.182 e. The number of ketones is 1. The molecule has 1 aromatic heterocycles. The van der Waals surface area contributed by atoms with Crippen LogP contribution in [0, 0.1) is 0 Å². The summed E-state index contributed by atoms with van der Waals surface area (Å²) in [5, 5.41) is 0. The first-order valence-corrected chi connectivity index (χ1v) is 4.03. The van der Waals surface area contributed by atoms with E-state index in [1.165, 1.54) is 0 Å². The van der Waals surface area contributed by atoms with Gasteiger partial charge in [-0.05, 0) is 0 Å². The molecule has 0 aliphatic carbocycles. The highest BCUT2D eigenvalue weighted by atomic mass is 16.1. The van der Waals surface area contributed by atoms with Gasteiger partial charge in [0.25, 0.3) is 0 Å². The average molecular weight is 167 g/mol. The second-order valence-corrected chi connectivity index (χ2v) is 2.56. The van der Waals surface area contributed by atoms with Gasteiger partial charge in [0.15, 0.2) is 5.78 Å². The van der Waals surface area contributed by atoms with E-state index in [9.17, 15) is 4.79 Å². The SMILES string of the molecule is CCC(=O)c1cn(CCN)cn1. The minimum Gasteiger partial charge on any atom is -0.335 e. The molecule has 0 fully saturated rings. The summed E-state index contributed by atoms with van der Waals surface area (Å²) in [5.74, 6) is 0.0748. The first-order chi connectivity index (χ1) is 5.77. The average Bonchev–Trinajstić information content (AvgIpc) is 2.52. The van der Waals surface area contributed by atoms with Crippen molar-refractivity contribution >= 4 is 5.78 Å². The fourth-order valence-corrected chi connectivity index (χ4v) is 0.957. The van der Waals surface area contributed by atoms with Gasteiger partial charge in [-0.1, -0.05) is 6.92 Å². The van der Waals surface area contributed by atoms with Crippen LogP contribution in [0.2, 0.25) is 0 Å². The monoisotopic (exact) mass is 167 g/mol. The minimum atomic E-state index is 0.0748. The van der Waals surface area contributed by atoms with E-state index in [-0.39, 0.29) is 5.78 Å². The Morgan fingerprint density at radius 2 is 2.50 bits per heavy atom. The molecule has 2 N–H and O–H groups in total. The lowest BCUT2D eigenvalue weighted by atomic mass is 10.2. The molecule has 1 heterocycles. The molecule has 4 heteroatoms. The molecular weight excluding hydrogens is 154 g/mol. The van der Waals surface area contributed by atoms with Gasteiger partial charge in [-0.25, -0.2) is 4.98 Å². The van der Waals surface area contributed by atoms with Crippen LogP contribution in [0.25, 0.3) is 0 Å². The number of carbonyl (C=O) groups excluding carboxylic acids is 1. The number of imidazole rings is 1. The predicted octanol–water partition coefficient (Wildman–Crippen LogP) is 0.434. The van der Waals surface area contributed by atoms with Crippen LogP contribution in [-0.2, 0) is 6.54 Å². The summed E-state index contributed by atoms with van der Waals surface area (Å²) in [5.41, 5.74) is 5.88. The maximum absolute atomic E-state index is 11.1. The zero-order valence-electron chi connectivity index (χ0n) is 7.16. The van der Waals surface area contributed by atoms with Crippen LogP contribution in [0.15, 0.2) is 12.5 Å². The second-order valence-electron chi connectivity index (χ2n) is 2.56. The van der Waals surface area contributed by atoms with Crippen LogP contribution in [0.5, 0.6) is 0 Å². The van der Waals surface area contributed by atoms with Crippen molar-refractivity contribution in [3.63, 3.8) is 0 Å². The molecule has 0 saturated heterocycles. The summed E-state index contributed by atoms with van der Waals surface area (Å²) >= 11 is 0. The molecule has 0 radical (unpaired) electrons. The lowest BCUT2D eigenvalue weighted by Crippen LogP contribution is -2.08. The van der Waals surface area contributed by atoms with Crippen LogP contribution in [0.3, 0.4) is 0 Å². The third kappa shape index (κ3) is 1.92. The molecule has 0 amide bonds. The van der Waals surface area contributed by atoms with E-state index in [2.05, 4.69) is 4.98 Å². The van der Waals surface area contributed by atoms with Gasteiger partial charge in [0.2, 0.25) is 0 Å². The van der Waals surface area contributed by atoms with Gasteiger partial charge in [0.05, 0.1) is 6.33 Å². The second kappa shape index (κ2) is 4.01. The van der Waals surface area contributed by atoms with Gasteiger partial charge in [-0.2, -0.15) is 0 Å². The Hall–Kier alpha value is -1.16. The van der Waals surface area contributed by atoms with E-state index in [4.69, 9.17) is 5.73 Å². The predicted molar refractivity (Wildman–Crippen MR) is 45.9 cm³/mol. The largest absolute Gasteiger partial charge is 0.335 e. The summed E-state index contributed by atoms with van der Waals surface area (Å²) in [7, 11) is 0. The van der Waals surface area contributed by atoms with Crippen molar-refractivity contribution in [2.75, 3.05) is 6.54 Å². The van der Waals surface area contributed by atoms with Crippen molar-refractivity contribution < 1.29 is 4.79 Å². The van der Waals surface area contributed by atoms with Crippen LogP contribution in [0.1, 0.15) is 23.8 Å². The van der Waals surface area contributed by atoms with Gasteiger partial charge in [-0.3, -0.25) is 4.79 Å². The van der Waals surface area contributed by atoms with E-state index < -0.39 is 0 Å². The van der Waals surface area contributed by atoms with Crippen molar-refractivity contribution in [1.29, 1.82) is 0 Å². The number of nitrogens with zero attached hydrogens (tertiary/aromatic N) is 2. The molecular formula is C8H13N3O. The Kier molecular flexibility index (Phi) is 2.99. The molecule has 1 aromatic rings. The summed E-state index contributed by atoms with van der Waals surface area (Å²) in [6, 6.07) is 0. The number of nitrogens with two attached hydrogens (primary N) is 1. The van der Waals surface area contributed by atoms with E-state index in [1.807, 2.05) is 11.5 Å². The third-order valence-corrected chi connectivity index (χ3v) is 1.63. The van der Waals surface area contributed by atoms with E-state index in [0.717, 1.165) is 0 Å². The van der Waals surface area contributed by atoms with Crippen molar-refractivity contribution in [2.24, 2.45) is 5.73 Å². The standard InChI is InChI=1S/C8H13N3O/c1-2-8(12)7-5-11(4-3-9)6-10-7/h5-6H,2-4,9H2,1H3. The molecule has 0 spiro atoms. The van der Waals surface area contributed by atoms with Crippen molar-refractivity contribution in [3.8, 4) is 0 Å². The molecule has 0 aliphatic heterocycles. The highest BCUT2D eigenvalue weighted by Gasteiger charge is 2.05. The van der Waals surface area contributed by atoms with Crippen LogP contribution >= 0.6 is 0 Å². The van der Waals surface area contributed by atoms with Gasteiger partial charge >= 0.3 is 0 Å². The molecule has 0 atom stereocenters. The molecule has 12 heavy (non-hydrogen) atoms. The zero-order chi connectivity index (χ0) is 8.97. The lowest BCUT2D eigenvalue weighted by Gasteiger charge is -1.94. The summed E-state index contributed by atoms with van der Waals surface area (Å²) in [4.78, 5) is 15.1. The highest BCUT2D eigenvalue weighted by Crippen LogP contribution is 1.99. The first-order valence-electron chi connectivity index (χ1n) is 4.03. The molecule has 66 valence electrons. The Morgan fingerprint density at radius 3 is 3.08 bits per heavy atom. The van der Waals surface area contributed by atoms with E-state index >= 15 is 0 Å². The molecule has 0 unspecified atom stereocenters. The highest BCUT2D eigenvalue weighted by molar-refractivity contribution is 5.93. The molecule has 0 aromatic carbocycles. The number of aromatic nitrogens is 2. The Balaban J connectivity index is 2.70. The van der Waals surface area contributed by atoms with Crippen LogP contribution in [-0.4, -0.2) is 21.9 Å². The van der Waals surface area contributed by atoms with Crippen molar-refractivity contribution in [1.82, 2.24) is 9.55 Å². The quantitative estimate of drug-likeness (QED) is 0.662. The minimum absolute atomic E-state index is 0.0748. The van der Waals surface area contributed by atoms with Gasteiger partial charge in [-0.15, -0.1) is 0 Å². The van der Waals surface area contributed by atoms with Crippen molar-refractivity contribution in [3.05, 3.63) is 18.2 Å². The fraction of sp³-hybridized carbons (Fsp3) is 0.500. The maximum Gasteiger partial charge on any atom is 0.182 e. The number of rotatable bonds is 4. The number of carbonyl (C=O) groups is 1. The number of Topliss-reactive ketones (excluding diaryl/α,β-unsaturated/α-hetero) is 1. The summed E-state index contributed by atoms with van der Waals surface area (Å²) in [6.45, 7) is 3.10. The van der Waals surface area contributed by atoms with E-state index in [0.29, 0.717) is 25.2 Å². The first kappa shape index (κ1) is 8.93. The van der Waals surface area contributed by atoms with Crippen molar-refractivity contribution in [2.45, 2.75) is 19.9 Å². The Morgan fingerprint density at radius 1 is 1.75 bits per heavy atom. The van der Waals surface area contributed by atoms with E-state index in [1.54, 1.807) is 12.5 Å². The molecule has 4 nitrogen and oxygen atoms in total. The van der Waals surface area contributed by atoms with Crippen LogP contribution in [0.4, 0.5) is 0 Å². The summed E-state index contributed by atoms with van der Waals surface area (Å²) in [6.07, 6.45) is 3.87. The molecule has 1 rings (SSSR count). The zero-order valence-corrected chi connectivity index (χ0v) is 7.16. The van der Waals surface area contributed by atoms with Gasteiger partial charge in [0.1, 0.15) is 5.69 Å². The topological polar surface area (TPSA) is 60.9 Å². The molecule has 0 saturated carbocycles. The fourth-order valence-electron chi connectivity index (χ4n) is 0.957. The molecule has 0 aliphatic rings. The third-order valence-electron chi connectivity index (χ3n) is 1.63. The van der Waals surface area contributed by atoms with Gasteiger partial charge < -0.3 is 10.3 Å². The van der Waals surface area contributed by atoms with Crippen LogP contribution < -0.4 is 5.73 Å². The lowest BCUT2D eigenvalue weighted by molar-refractivity contribution is 0.0984.